The highest BCUT2D eigenvalue weighted by Crippen LogP contribution is 2.36. The lowest BCUT2D eigenvalue weighted by molar-refractivity contribution is -0.121. The summed E-state index contributed by atoms with van der Waals surface area (Å²) >= 11 is 1.35. The van der Waals surface area contributed by atoms with Crippen LogP contribution in [0.3, 0.4) is 0 Å². The van der Waals surface area contributed by atoms with Crippen molar-refractivity contribution in [1.82, 2.24) is 4.90 Å². The minimum Gasteiger partial charge on any atom is -0.497 e. The van der Waals surface area contributed by atoms with Gasteiger partial charge in [0.2, 0.25) is 0 Å². The van der Waals surface area contributed by atoms with Crippen LogP contribution in [0.25, 0.3) is 6.08 Å². The van der Waals surface area contributed by atoms with Gasteiger partial charge in [0.1, 0.15) is 11.5 Å². The lowest BCUT2D eigenvalue weighted by Crippen LogP contribution is -2.36. The molecule has 31 heavy (non-hydrogen) atoms. The topological polar surface area (TPSA) is 63.6 Å². The van der Waals surface area contributed by atoms with Gasteiger partial charge in [0.25, 0.3) is 5.91 Å². The van der Waals surface area contributed by atoms with Crippen LogP contribution in [-0.2, 0) is 9.53 Å². The Kier molecular flexibility index (Phi) is 6.48. The zero-order valence-corrected chi connectivity index (χ0v) is 18.6. The van der Waals surface area contributed by atoms with E-state index in [1.165, 1.54) is 11.8 Å². The van der Waals surface area contributed by atoms with Crippen molar-refractivity contribution in [2.24, 2.45) is 4.99 Å². The molecule has 0 atom stereocenters. The first kappa shape index (κ1) is 21.3. The predicted molar refractivity (Wildman–Crippen MR) is 124 cm³/mol. The van der Waals surface area contributed by atoms with Gasteiger partial charge in [0, 0.05) is 31.4 Å². The summed E-state index contributed by atoms with van der Waals surface area (Å²) in [6.07, 6.45) is 1.81. The molecule has 0 aromatic heterocycles. The van der Waals surface area contributed by atoms with Crippen LogP contribution in [0.2, 0.25) is 0 Å². The molecule has 0 aliphatic carbocycles. The van der Waals surface area contributed by atoms with E-state index in [0.29, 0.717) is 21.6 Å². The Balaban J connectivity index is 1.55. The van der Waals surface area contributed by atoms with Crippen LogP contribution < -0.4 is 14.4 Å². The summed E-state index contributed by atoms with van der Waals surface area (Å²) in [6.45, 7) is 3.28. The van der Waals surface area contributed by atoms with Gasteiger partial charge in [-0.25, -0.2) is 4.99 Å². The van der Waals surface area contributed by atoms with E-state index in [0.717, 1.165) is 43.2 Å². The average Bonchev–Trinajstić information content (AvgIpc) is 3.07. The van der Waals surface area contributed by atoms with E-state index >= 15 is 0 Å². The highest BCUT2D eigenvalue weighted by atomic mass is 32.2. The van der Waals surface area contributed by atoms with Crippen molar-refractivity contribution in [1.29, 1.82) is 0 Å². The number of thioether (sulfide) groups is 1. The van der Waals surface area contributed by atoms with E-state index < -0.39 is 0 Å². The third kappa shape index (κ3) is 4.70. The lowest BCUT2D eigenvalue weighted by Gasteiger charge is -2.28. The van der Waals surface area contributed by atoms with Gasteiger partial charge in [-0.2, -0.15) is 0 Å². The number of benzene rings is 2. The number of ether oxygens (including phenoxy) is 3. The molecule has 0 saturated carbocycles. The SMILES string of the molecule is COc1ccc(OC)c(C=C2SC(=Nc3ccc(N4CCOCC4)cc3)N(C)C2=O)c1. The van der Waals surface area contributed by atoms with E-state index in [4.69, 9.17) is 14.2 Å². The molecule has 1 amide bonds. The van der Waals surface area contributed by atoms with Crippen molar-refractivity contribution in [3.8, 4) is 11.5 Å². The van der Waals surface area contributed by atoms with Crippen LogP contribution in [0.1, 0.15) is 5.56 Å². The first-order valence-corrected chi connectivity index (χ1v) is 10.8. The maximum Gasteiger partial charge on any atom is 0.266 e. The molecule has 0 N–H and O–H groups in total. The first-order valence-electron chi connectivity index (χ1n) is 10.00. The van der Waals surface area contributed by atoms with Crippen LogP contribution >= 0.6 is 11.8 Å². The van der Waals surface area contributed by atoms with E-state index in [1.807, 2.05) is 36.4 Å². The maximum absolute atomic E-state index is 12.8. The Morgan fingerprint density at radius 3 is 2.48 bits per heavy atom. The van der Waals surface area contributed by atoms with Crippen LogP contribution in [-0.4, -0.2) is 63.5 Å². The summed E-state index contributed by atoms with van der Waals surface area (Å²) in [7, 11) is 4.95. The fourth-order valence-electron chi connectivity index (χ4n) is 3.42. The summed E-state index contributed by atoms with van der Waals surface area (Å²) in [5.74, 6) is 1.28. The fourth-order valence-corrected chi connectivity index (χ4v) is 4.39. The predicted octanol–water partition coefficient (Wildman–Crippen LogP) is 3.77. The molecule has 2 aromatic rings. The molecule has 7 nitrogen and oxygen atoms in total. The molecule has 2 saturated heterocycles. The highest BCUT2D eigenvalue weighted by Gasteiger charge is 2.30. The molecular weight excluding hydrogens is 414 g/mol. The molecule has 2 aliphatic heterocycles. The molecule has 162 valence electrons. The molecule has 0 bridgehead atoms. The molecule has 2 heterocycles. The zero-order valence-electron chi connectivity index (χ0n) is 17.8. The number of amidine groups is 1. The molecule has 2 fully saturated rings. The number of carbonyl (C=O) groups excluding carboxylic acids is 1. The summed E-state index contributed by atoms with van der Waals surface area (Å²) in [5.41, 5.74) is 2.74. The molecule has 4 rings (SSSR count). The van der Waals surface area contributed by atoms with Crippen LogP contribution in [0.5, 0.6) is 11.5 Å². The van der Waals surface area contributed by atoms with Crippen LogP contribution in [0.15, 0.2) is 52.4 Å². The number of hydrogen-bond acceptors (Lipinski definition) is 7. The molecule has 8 heteroatoms. The third-order valence-corrected chi connectivity index (χ3v) is 6.24. The Morgan fingerprint density at radius 1 is 1.06 bits per heavy atom. The molecule has 2 aromatic carbocycles. The smallest absolute Gasteiger partial charge is 0.266 e. The Labute approximate surface area is 186 Å². The fraction of sp³-hybridized carbons (Fsp3) is 0.304. The minimum atomic E-state index is -0.0986. The number of amides is 1. The summed E-state index contributed by atoms with van der Waals surface area (Å²) < 4.78 is 16.1. The maximum atomic E-state index is 12.8. The highest BCUT2D eigenvalue weighted by molar-refractivity contribution is 8.18. The van der Waals surface area contributed by atoms with Crippen LogP contribution in [0.4, 0.5) is 11.4 Å². The second-order valence-electron chi connectivity index (χ2n) is 7.09. The number of likely N-dealkylation sites (N-methyl/N-ethyl adjacent to an activating group) is 1. The second kappa shape index (κ2) is 9.45. The normalized spacial score (nSPS) is 19.4. The van der Waals surface area contributed by atoms with Crippen molar-refractivity contribution in [2.75, 3.05) is 52.5 Å². The van der Waals surface area contributed by atoms with E-state index in [1.54, 1.807) is 26.2 Å². The number of hydrogen-bond donors (Lipinski definition) is 0. The van der Waals surface area contributed by atoms with E-state index in [-0.39, 0.29) is 5.91 Å². The monoisotopic (exact) mass is 439 g/mol. The number of nitrogens with zero attached hydrogens (tertiary/aromatic N) is 3. The van der Waals surface area contributed by atoms with Crippen molar-refractivity contribution < 1.29 is 19.0 Å². The van der Waals surface area contributed by atoms with Gasteiger partial charge in [-0.1, -0.05) is 0 Å². The molecule has 0 unspecified atom stereocenters. The molecular formula is C23H25N3O4S. The van der Waals surface area contributed by atoms with Crippen molar-refractivity contribution >= 4 is 40.3 Å². The van der Waals surface area contributed by atoms with Gasteiger partial charge in [-0.3, -0.25) is 9.69 Å². The number of morpholine rings is 1. The number of carbonyl (C=O) groups is 1. The summed E-state index contributed by atoms with van der Waals surface area (Å²) in [6, 6.07) is 13.6. The Morgan fingerprint density at radius 2 is 1.81 bits per heavy atom. The quantitative estimate of drug-likeness (QED) is 0.661. The molecule has 0 spiro atoms. The minimum absolute atomic E-state index is 0.0986. The Bertz CT molecular complexity index is 1010. The number of aliphatic imine (C=N–C) groups is 1. The number of methoxy groups -OCH3 is 2. The molecule has 0 radical (unpaired) electrons. The summed E-state index contributed by atoms with van der Waals surface area (Å²) in [4.78, 5) is 21.9. The van der Waals surface area contributed by atoms with Gasteiger partial charge < -0.3 is 19.1 Å². The van der Waals surface area contributed by atoms with Gasteiger partial charge in [-0.05, 0) is 60.3 Å². The lowest BCUT2D eigenvalue weighted by atomic mass is 10.1. The van der Waals surface area contributed by atoms with Gasteiger partial charge in [-0.15, -0.1) is 0 Å². The van der Waals surface area contributed by atoms with Crippen molar-refractivity contribution in [3.05, 3.63) is 52.9 Å². The largest absolute Gasteiger partial charge is 0.497 e. The van der Waals surface area contributed by atoms with Crippen molar-refractivity contribution in [3.63, 3.8) is 0 Å². The number of rotatable bonds is 5. The zero-order chi connectivity index (χ0) is 21.8. The standard InChI is InChI=1S/C23H25N3O4S/c1-25-22(27)21(15-16-14-19(28-2)8-9-20(16)29-3)31-23(25)24-17-4-6-18(7-5-17)26-10-12-30-13-11-26/h4-9,14-15H,10-13H2,1-3H3. The third-order valence-electron chi connectivity index (χ3n) is 5.18. The van der Waals surface area contributed by atoms with Gasteiger partial charge >= 0.3 is 0 Å². The average molecular weight is 440 g/mol. The van der Waals surface area contributed by atoms with Gasteiger partial charge in [0.05, 0.1) is 38.0 Å². The summed E-state index contributed by atoms with van der Waals surface area (Å²) in [5, 5.41) is 0.636. The van der Waals surface area contributed by atoms with Crippen molar-refractivity contribution in [2.45, 2.75) is 0 Å². The van der Waals surface area contributed by atoms with E-state index in [9.17, 15) is 4.79 Å². The second-order valence-corrected chi connectivity index (χ2v) is 8.10. The molecule has 2 aliphatic rings. The first-order chi connectivity index (χ1) is 15.1. The van der Waals surface area contributed by atoms with Crippen LogP contribution in [0, 0.1) is 0 Å². The van der Waals surface area contributed by atoms with Gasteiger partial charge in [0.15, 0.2) is 5.17 Å². The Hall–Kier alpha value is -2.97. The number of anilines is 1. The van der Waals surface area contributed by atoms with E-state index in [2.05, 4.69) is 22.0 Å².